The number of hydrogen-bond acceptors (Lipinski definition) is 2. The van der Waals surface area contributed by atoms with Gasteiger partial charge in [-0.3, -0.25) is 9.28 Å². The van der Waals surface area contributed by atoms with Crippen molar-refractivity contribution in [1.29, 1.82) is 0 Å². The highest BCUT2D eigenvalue weighted by molar-refractivity contribution is 6.05. The van der Waals surface area contributed by atoms with Crippen LogP contribution in [0.25, 0.3) is 10.8 Å². The van der Waals surface area contributed by atoms with Crippen molar-refractivity contribution in [1.82, 2.24) is 4.48 Å². The number of quaternary nitrogens is 1. The monoisotopic (exact) mass is 369 g/mol. The molecule has 2 aliphatic rings. The quantitative estimate of drug-likeness (QED) is 0.635. The van der Waals surface area contributed by atoms with Crippen molar-refractivity contribution in [3.05, 3.63) is 89.2 Å². The van der Waals surface area contributed by atoms with Gasteiger partial charge >= 0.3 is 0 Å². The summed E-state index contributed by atoms with van der Waals surface area (Å²) in [6, 6.07) is 22.2. The van der Waals surface area contributed by atoms with E-state index in [0.29, 0.717) is 22.9 Å². The highest BCUT2D eigenvalue weighted by Crippen LogP contribution is 2.52. The van der Waals surface area contributed by atoms with Gasteiger partial charge in [-0.15, -0.1) is 5.76 Å². The van der Waals surface area contributed by atoms with Crippen molar-refractivity contribution in [3.63, 3.8) is 0 Å². The Balaban J connectivity index is 1.64. The van der Waals surface area contributed by atoms with Crippen molar-refractivity contribution in [2.45, 2.75) is 24.8 Å². The minimum absolute atomic E-state index is 0.00566. The molecule has 140 valence electrons. The first-order valence-electron chi connectivity index (χ1n) is 9.82. The van der Waals surface area contributed by atoms with Gasteiger partial charge in [-0.05, 0) is 29.4 Å². The number of likely N-dealkylation sites (N-methyl/N-ethyl adjacent to an activating group) is 1. The number of carbonyl (C=O) groups excluding carboxylic acids is 1. The Morgan fingerprint density at radius 1 is 0.893 bits per heavy atom. The third-order valence-corrected chi connectivity index (χ3v) is 6.48. The molecule has 1 heterocycles. The van der Waals surface area contributed by atoms with Gasteiger partial charge in [0.1, 0.15) is 11.7 Å². The summed E-state index contributed by atoms with van der Waals surface area (Å²) in [6.07, 6.45) is 0.821. The molecule has 2 unspecified atom stereocenters. The third-order valence-electron chi connectivity index (χ3n) is 6.48. The summed E-state index contributed by atoms with van der Waals surface area (Å²) in [7, 11) is 4.21. The zero-order valence-corrected chi connectivity index (χ0v) is 16.2. The van der Waals surface area contributed by atoms with Gasteiger partial charge in [-0.1, -0.05) is 60.7 Å². The van der Waals surface area contributed by atoms with Crippen LogP contribution in [-0.4, -0.2) is 19.9 Å². The van der Waals surface area contributed by atoms with Gasteiger partial charge < -0.3 is 5.11 Å². The number of hydrogen-bond donors (Lipinski definition) is 0. The molecular formula is C25H23NO2. The summed E-state index contributed by atoms with van der Waals surface area (Å²) in [6.45, 7) is 0. The van der Waals surface area contributed by atoms with E-state index in [1.54, 1.807) is 0 Å². The molecule has 3 heteroatoms. The van der Waals surface area contributed by atoms with Crippen LogP contribution >= 0.6 is 0 Å². The van der Waals surface area contributed by atoms with Crippen molar-refractivity contribution in [2.75, 3.05) is 14.1 Å². The summed E-state index contributed by atoms with van der Waals surface area (Å²) in [5.74, 6) is -0.00245. The Labute approximate surface area is 165 Å². The largest absolute Gasteiger partial charge is 0.875 e. The molecule has 28 heavy (non-hydrogen) atoms. The molecule has 3 aromatic rings. The molecule has 0 saturated carbocycles. The van der Waals surface area contributed by atoms with Gasteiger partial charge in [0.15, 0.2) is 5.78 Å². The molecule has 5 rings (SSSR count). The Bertz CT molecular complexity index is 1120. The first-order valence-corrected chi connectivity index (χ1v) is 9.82. The highest BCUT2D eigenvalue weighted by atomic mass is 16.3. The first-order chi connectivity index (χ1) is 13.5. The second-order valence-corrected chi connectivity index (χ2v) is 8.44. The van der Waals surface area contributed by atoms with E-state index in [0.717, 1.165) is 11.1 Å². The molecule has 0 spiro atoms. The molecule has 0 saturated heterocycles. The van der Waals surface area contributed by atoms with Crippen LogP contribution in [0.2, 0.25) is 0 Å². The maximum absolute atomic E-state index is 13.3. The van der Waals surface area contributed by atoms with E-state index >= 15 is 0 Å². The molecule has 3 nitrogen and oxygen atoms in total. The van der Waals surface area contributed by atoms with E-state index in [2.05, 4.69) is 44.4 Å². The van der Waals surface area contributed by atoms with Crippen LogP contribution < -0.4 is 9.59 Å². The Kier molecular flexibility index (Phi) is 3.72. The smallest absolute Gasteiger partial charge is 0.164 e. The second-order valence-electron chi connectivity index (χ2n) is 8.44. The number of allylic oxidation sites excluding steroid dienone is 1. The fourth-order valence-corrected chi connectivity index (χ4v) is 5.18. The standard InChI is InChI=1S/C25H23NO2/c1-26(2)20-13-7-11-17-10-6-12-19(23(17)20)25(26)24-21(27)14-18(15-22(24)28)16-8-4-3-5-9-16/h3-13,18,25H,14-15H2,1-2H3. The van der Waals surface area contributed by atoms with Crippen LogP contribution in [0.5, 0.6) is 0 Å². The summed E-state index contributed by atoms with van der Waals surface area (Å²) in [5, 5.41) is 15.6. The number of benzene rings is 3. The minimum atomic E-state index is -0.224. The predicted octanol–water partition coefficient (Wildman–Crippen LogP) is 4.22. The van der Waals surface area contributed by atoms with E-state index in [1.165, 1.54) is 16.5 Å². The van der Waals surface area contributed by atoms with E-state index in [4.69, 9.17) is 0 Å². The van der Waals surface area contributed by atoms with Crippen molar-refractivity contribution in [2.24, 2.45) is 0 Å². The van der Waals surface area contributed by atoms with Crippen molar-refractivity contribution >= 4 is 22.2 Å². The normalized spacial score (nSPS) is 23.4. The van der Waals surface area contributed by atoms with Gasteiger partial charge in [-0.2, -0.15) is 0 Å². The number of Topliss-reactive ketones (excluding diaryl/α,β-unsaturated/α-hetero) is 1. The summed E-state index contributed by atoms with van der Waals surface area (Å²) < 4.78 is 0.513. The lowest BCUT2D eigenvalue weighted by Gasteiger charge is -2.39. The first kappa shape index (κ1) is 17.2. The summed E-state index contributed by atoms with van der Waals surface area (Å²) >= 11 is 0. The maximum Gasteiger partial charge on any atom is 0.164 e. The van der Waals surface area contributed by atoms with E-state index in [-0.39, 0.29) is 23.5 Å². The van der Waals surface area contributed by atoms with Gasteiger partial charge in [0.25, 0.3) is 0 Å². The lowest BCUT2D eigenvalue weighted by molar-refractivity contribution is -0.310. The zero-order chi connectivity index (χ0) is 19.5. The van der Waals surface area contributed by atoms with Crippen molar-refractivity contribution in [3.8, 4) is 0 Å². The molecule has 1 aliphatic heterocycles. The van der Waals surface area contributed by atoms with Gasteiger partial charge in [-0.25, -0.2) is 0 Å². The van der Waals surface area contributed by atoms with Crippen LogP contribution in [-0.2, 0) is 4.79 Å². The zero-order valence-electron chi connectivity index (χ0n) is 16.2. The molecule has 0 N–H and O–H groups in total. The lowest BCUT2D eigenvalue weighted by Crippen LogP contribution is -2.45. The van der Waals surface area contributed by atoms with Crippen molar-refractivity contribution < 1.29 is 9.90 Å². The lowest BCUT2D eigenvalue weighted by atomic mass is 9.79. The molecule has 0 bridgehead atoms. The van der Waals surface area contributed by atoms with Gasteiger partial charge in [0.05, 0.1) is 19.5 Å². The van der Waals surface area contributed by atoms with Crippen LogP contribution in [0, 0.1) is 0 Å². The maximum atomic E-state index is 13.3. The average molecular weight is 369 g/mol. The van der Waals surface area contributed by atoms with E-state index in [1.807, 2.05) is 36.4 Å². The number of carbonyl (C=O) groups is 1. The number of ketones is 1. The molecule has 3 aromatic carbocycles. The molecular weight excluding hydrogens is 346 g/mol. The predicted molar refractivity (Wildman–Crippen MR) is 111 cm³/mol. The Hall–Kier alpha value is -2.91. The third kappa shape index (κ3) is 2.36. The molecule has 0 aromatic heterocycles. The number of nitrogens with zero attached hydrogens (tertiary/aromatic N) is 1. The van der Waals surface area contributed by atoms with Crippen LogP contribution in [0.3, 0.4) is 0 Å². The molecule has 0 amide bonds. The number of rotatable bonds is 2. The molecule has 1 aliphatic carbocycles. The van der Waals surface area contributed by atoms with Gasteiger partial charge in [0.2, 0.25) is 0 Å². The van der Waals surface area contributed by atoms with Crippen LogP contribution in [0.1, 0.15) is 35.9 Å². The summed E-state index contributed by atoms with van der Waals surface area (Å²) in [4.78, 5) is 13.3. The fraction of sp³-hybridized carbons (Fsp3) is 0.240. The SMILES string of the molecule is C[N+]1(C)c2cccc3cccc(c23)C1C1=C([O-])CC(c2ccccc2)CC1=O. The molecule has 0 fully saturated rings. The molecule has 0 radical (unpaired) electrons. The summed E-state index contributed by atoms with van der Waals surface area (Å²) in [5.41, 5.74) is 3.85. The van der Waals surface area contributed by atoms with E-state index < -0.39 is 0 Å². The van der Waals surface area contributed by atoms with E-state index in [9.17, 15) is 9.90 Å². The topological polar surface area (TPSA) is 40.1 Å². The highest BCUT2D eigenvalue weighted by Gasteiger charge is 2.46. The van der Waals surface area contributed by atoms with Gasteiger partial charge in [0, 0.05) is 17.6 Å². The molecule has 2 atom stereocenters. The Morgan fingerprint density at radius 2 is 1.61 bits per heavy atom. The Morgan fingerprint density at radius 3 is 2.32 bits per heavy atom. The minimum Gasteiger partial charge on any atom is -0.875 e. The van der Waals surface area contributed by atoms with Crippen LogP contribution in [0.4, 0.5) is 5.69 Å². The second kappa shape index (κ2) is 6.05. The average Bonchev–Trinajstić information content (AvgIpc) is 2.92. The fourth-order valence-electron chi connectivity index (χ4n) is 5.18. The van der Waals surface area contributed by atoms with Crippen LogP contribution in [0.15, 0.2) is 78.1 Å².